The monoisotopic (exact) mass is 261 g/mol. The molecule has 2 rings (SSSR count). The Balaban J connectivity index is 2.05. The van der Waals surface area contributed by atoms with Gasteiger partial charge in [0.05, 0.1) is 18.0 Å². The highest BCUT2D eigenvalue weighted by Gasteiger charge is 2.11. The number of nitrogens with one attached hydrogen (secondary N) is 2. The van der Waals surface area contributed by atoms with Gasteiger partial charge in [-0.3, -0.25) is 4.79 Å². The van der Waals surface area contributed by atoms with Crippen LogP contribution in [0.1, 0.15) is 10.5 Å². The Morgan fingerprint density at radius 1 is 1.32 bits per heavy atom. The Morgan fingerprint density at radius 3 is 2.79 bits per heavy atom. The van der Waals surface area contributed by atoms with Gasteiger partial charge in [-0.1, -0.05) is 17.3 Å². The van der Waals surface area contributed by atoms with Gasteiger partial charge in [0.25, 0.3) is 5.91 Å². The highest BCUT2D eigenvalue weighted by Crippen LogP contribution is 2.21. The number of carbonyl (C=O) groups excluding carboxylic acids is 1. The summed E-state index contributed by atoms with van der Waals surface area (Å²) < 4.78 is 9.61. The van der Waals surface area contributed by atoms with Gasteiger partial charge >= 0.3 is 0 Å². The number of hydrogen-bond acceptors (Lipinski definition) is 5. The van der Waals surface area contributed by atoms with E-state index in [0.717, 1.165) is 5.69 Å². The minimum atomic E-state index is -0.310. The van der Waals surface area contributed by atoms with E-state index >= 15 is 0 Å². The van der Waals surface area contributed by atoms with E-state index < -0.39 is 0 Å². The second-order valence-electron chi connectivity index (χ2n) is 3.80. The van der Waals surface area contributed by atoms with E-state index in [1.165, 1.54) is 12.3 Å². The third-order valence-electron chi connectivity index (χ3n) is 2.47. The smallest absolute Gasteiger partial charge is 0.277 e. The van der Waals surface area contributed by atoms with Crippen molar-refractivity contribution in [2.75, 3.05) is 30.9 Å². The van der Waals surface area contributed by atoms with Crippen molar-refractivity contribution in [2.45, 2.75) is 0 Å². The normalized spacial score (nSPS) is 10.2. The highest BCUT2D eigenvalue weighted by molar-refractivity contribution is 6.04. The van der Waals surface area contributed by atoms with Crippen LogP contribution in [0.15, 0.2) is 41.1 Å². The molecule has 1 heterocycles. The molecule has 6 nitrogen and oxygen atoms in total. The van der Waals surface area contributed by atoms with E-state index in [1.54, 1.807) is 7.11 Å². The van der Waals surface area contributed by atoms with E-state index in [0.29, 0.717) is 18.8 Å². The van der Waals surface area contributed by atoms with Gasteiger partial charge in [-0.05, 0) is 12.1 Å². The van der Waals surface area contributed by atoms with Crippen LogP contribution in [0.2, 0.25) is 0 Å². The molecule has 0 aliphatic carbocycles. The summed E-state index contributed by atoms with van der Waals surface area (Å²) in [6.07, 6.45) is 1.36. The number of rotatable bonds is 6. The molecule has 0 spiro atoms. The van der Waals surface area contributed by atoms with Crippen molar-refractivity contribution in [3.63, 3.8) is 0 Å². The maximum atomic E-state index is 11.9. The molecule has 0 bridgehead atoms. The number of amides is 1. The molecular weight excluding hydrogens is 246 g/mol. The predicted octanol–water partition coefficient (Wildman–Crippen LogP) is 1.99. The minimum Gasteiger partial charge on any atom is -0.383 e. The molecular formula is C13H15N3O3. The Bertz CT molecular complexity index is 526. The van der Waals surface area contributed by atoms with Gasteiger partial charge in [-0.25, -0.2) is 0 Å². The van der Waals surface area contributed by atoms with E-state index in [-0.39, 0.29) is 11.6 Å². The number of ether oxygens (including phenoxy) is 1. The van der Waals surface area contributed by atoms with Crippen LogP contribution in [0.25, 0.3) is 0 Å². The van der Waals surface area contributed by atoms with Crippen LogP contribution < -0.4 is 10.6 Å². The Labute approximate surface area is 110 Å². The standard InChI is InChI=1S/C13H15N3O3/c1-18-9-7-14-10-4-2-3-5-11(10)15-13(17)12-6-8-19-16-12/h2-6,8,14H,7,9H2,1H3,(H,15,17). The summed E-state index contributed by atoms with van der Waals surface area (Å²) in [6, 6.07) is 8.94. The molecule has 1 aromatic carbocycles. The molecule has 2 N–H and O–H groups in total. The maximum Gasteiger partial charge on any atom is 0.277 e. The van der Waals surface area contributed by atoms with Crippen molar-refractivity contribution < 1.29 is 14.1 Å². The molecule has 1 aromatic heterocycles. The highest BCUT2D eigenvalue weighted by atomic mass is 16.5. The summed E-state index contributed by atoms with van der Waals surface area (Å²) >= 11 is 0. The first-order valence-electron chi connectivity index (χ1n) is 5.85. The van der Waals surface area contributed by atoms with Crippen LogP contribution in [-0.2, 0) is 4.74 Å². The van der Waals surface area contributed by atoms with E-state index in [9.17, 15) is 4.79 Å². The molecule has 2 aromatic rings. The first-order valence-corrected chi connectivity index (χ1v) is 5.85. The second kappa shape index (κ2) is 6.55. The van der Waals surface area contributed by atoms with Crippen molar-refractivity contribution in [1.82, 2.24) is 5.16 Å². The van der Waals surface area contributed by atoms with Crippen LogP contribution in [0.4, 0.5) is 11.4 Å². The molecule has 0 atom stereocenters. The summed E-state index contributed by atoms with van der Waals surface area (Å²) in [5.41, 5.74) is 1.76. The molecule has 0 saturated heterocycles. The molecule has 0 aliphatic heterocycles. The van der Waals surface area contributed by atoms with E-state index in [1.807, 2.05) is 24.3 Å². The Morgan fingerprint density at radius 2 is 2.11 bits per heavy atom. The van der Waals surface area contributed by atoms with Gasteiger partial charge < -0.3 is 19.9 Å². The number of hydrogen-bond donors (Lipinski definition) is 2. The van der Waals surface area contributed by atoms with Crippen molar-refractivity contribution in [2.24, 2.45) is 0 Å². The summed E-state index contributed by atoms with van der Waals surface area (Å²) in [5.74, 6) is -0.310. The van der Waals surface area contributed by atoms with Crippen LogP contribution in [-0.4, -0.2) is 31.3 Å². The lowest BCUT2D eigenvalue weighted by Gasteiger charge is -2.11. The average molecular weight is 261 g/mol. The number of nitrogens with zero attached hydrogens (tertiary/aromatic N) is 1. The third kappa shape index (κ3) is 3.56. The molecule has 100 valence electrons. The minimum absolute atomic E-state index is 0.242. The second-order valence-corrected chi connectivity index (χ2v) is 3.80. The van der Waals surface area contributed by atoms with Crippen LogP contribution in [0, 0.1) is 0 Å². The molecule has 0 aliphatic rings. The molecule has 1 amide bonds. The number of aromatic nitrogens is 1. The van der Waals surface area contributed by atoms with Crippen molar-refractivity contribution in [1.29, 1.82) is 0 Å². The topological polar surface area (TPSA) is 76.4 Å². The molecule has 0 saturated carbocycles. The van der Waals surface area contributed by atoms with E-state index in [2.05, 4.69) is 20.3 Å². The number of benzene rings is 1. The zero-order chi connectivity index (χ0) is 13.5. The zero-order valence-corrected chi connectivity index (χ0v) is 10.6. The van der Waals surface area contributed by atoms with Crippen molar-refractivity contribution in [3.8, 4) is 0 Å². The fourth-order valence-corrected chi connectivity index (χ4v) is 1.55. The number of anilines is 2. The van der Waals surface area contributed by atoms with Gasteiger partial charge in [0.1, 0.15) is 6.26 Å². The van der Waals surface area contributed by atoms with Crippen molar-refractivity contribution in [3.05, 3.63) is 42.3 Å². The predicted molar refractivity (Wildman–Crippen MR) is 71.3 cm³/mol. The molecule has 19 heavy (non-hydrogen) atoms. The number of carbonyl (C=O) groups is 1. The summed E-state index contributed by atoms with van der Waals surface area (Å²) in [7, 11) is 1.64. The van der Waals surface area contributed by atoms with E-state index in [4.69, 9.17) is 4.74 Å². The summed E-state index contributed by atoms with van der Waals surface area (Å²) in [6.45, 7) is 1.25. The SMILES string of the molecule is COCCNc1ccccc1NC(=O)c1ccon1. The van der Waals surface area contributed by atoms with Crippen LogP contribution >= 0.6 is 0 Å². The third-order valence-corrected chi connectivity index (χ3v) is 2.47. The average Bonchev–Trinajstić information content (AvgIpc) is 2.95. The van der Waals surface area contributed by atoms with Gasteiger partial charge in [-0.15, -0.1) is 0 Å². The van der Waals surface area contributed by atoms with Gasteiger partial charge in [0, 0.05) is 19.7 Å². The van der Waals surface area contributed by atoms with Gasteiger partial charge in [-0.2, -0.15) is 0 Å². The molecule has 6 heteroatoms. The Kier molecular flexibility index (Phi) is 4.52. The molecule has 0 unspecified atom stereocenters. The largest absolute Gasteiger partial charge is 0.383 e. The fraction of sp³-hybridized carbons (Fsp3) is 0.231. The van der Waals surface area contributed by atoms with Crippen LogP contribution in [0.5, 0.6) is 0 Å². The zero-order valence-electron chi connectivity index (χ0n) is 10.6. The number of methoxy groups -OCH3 is 1. The Hall–Kier alpha value is -2.34. The number of para-hydroxylation sites is 2. The fourth-order valence-electron chi connectivity index (χ4n) is 1.55. The lowest BCUT2D eigenvalue weighted by molar-refractivity contribution is 0.101. The summed E-state index contributed by atoms with van der Waals surface area (Å²) in [4.78, 5) is 11.9. The quantitative estimate of drug-likeness (QED) is 0.778. The summed E-state index contributed by atoms with van der Waals surface area (Å²) in [5, 5.41) is 9.55. The van der Waals surface area contributed by atoms with Crippen molar-refractivity contribution >= 4 is 17.3 Å². The first-order chi connectivity index (χ1) is 9.31. The van der Waals surface area contributed by atoms with Gasteiger partial charge in [0.15, 0.2) is 5.69 Å². The maximum absolute atomic E-state index is 11.9. The van der Waals surface area contributed by atoms with Crippen LogP contribution in [0.3, 0.4) is 0 Å². The molecule has 0 fully saturated rings. The lowest BCUT2D eigenvalue weighted by atomic mass is 10.2. The molecule has 0 radical (unpaired) electrons. The van der Waals surface area contributed by atoms with Gasteiger partial charge in [0.2, 0.25) is 0 Å². The first kappa shape index (κ1) is 13.1. The lowest BCUT2D eigenvalue weighted by Crippen LogP contribution is -2.15.